The summed E-state index contributed by atoms with van der Waals surface area (Å²) >= 11 is 3.39. The molecular weight excluding hydrogens is 266 g/mol. The molecule has 1 aromatic carbocycles. The lowest BCUT2D eigenvalue weighted by molar-refractivity contribution is 0.214. The highest BCUT2D eigenvalue weighted by molar-refractivity contribution is 9.10. The maximum absolute atomic E-state index is 10.1. The van der Waals surface area contributed by atoms with Crippen molar-refractivity contribution in [3.63, 3.8) is 0 Å². The number of rotatable bonds is 4. The summed E-state index contributed by atoms with van der Waals surface area (Å²) in [5, 5.41) is 10.1. The Hall–Kier alpha value is -0.930. The number of aliphatic hydroxyl groups is 1. The van der Waals surface area contributed by atoms with Gasteiger partial charge >= 0.3 is 0 Å². The maximum Gasteiger partial charge on any atom is 0.121 e. The van der Waals surface area contributed by atoms with Crippen LogP contribution in [-0.4, -0.2) is 11.3 Å². The van der Waals surface area contributed by atoms with Gasteiger partial charge in [-0.05, 0) is 31.0 Å². The summed E-state index contributed by atoms with van der Waals surface area (Å²) in [6.45, 7) is 3.89. The lowest BCUT2D eigenvalue weighted by atomic mass is 10.1. The SMILES string of the molecule is C/C=C(\N=CCC)C(O)c1cccc(Br)c1. The summed E-state index contributed by atoms with van der Waals surface area (Å²) in [6.07, 6.45) is 3.84. The normalized spacial score (nSPS) is 14.4. The number of nitrogens with zero attached hydrogens (tertiary/aromatic N) is 1. The van der Waals surface area contributed by atoms with E-state index in [4.69, 9.17) is 0 Å². The molecule has 2 nitrogen and oxygen atoms in total. The summed E-state index contributed by atoms with van der Waals surface area (Å²) < 4.78 is 0.957. The van der Waals surface area contributed by atoms with Gasteiger partial charge in [0, 0.05) is 10.7 Å². The molecule has 0 aliphatic rings. The summed E-state index contributed by atoms with van der Waals surface area (Å²) in [7, 11) is 0. The number of hydrogen-bond donors (Lipinski definition) is 1. The van der Waals surface area contributed by atoms with Crippen LogP contribution in [0.2, 0.25) is 0 Å². The molecular formula is C13H16BrNO. The van der Waals surface area contributed by atoms with Gasteiger partial charge in [-0.2, -0.15) is 0 Å². The van der Waals surface area contributed by atoms with Crippen LogP contribution in [0.4, 0.5) is 0 Å². The molecule has 0 radical (unpaired) electrons. The van der Waals surface area contributed by atoms with Crippen molar-refractivity contribution in [3.05, 3.63) is 46.1 Å². The van der Waals surface area contributed by atoms with Gasteiger partial charge in [0.15, 0.2) is 0 Å². The minimum absolute atomic E-state index is 0.662. The van der Waals surface area contributed by atoms with Crippen LogP contribution in [-0.2, 0) is 0 Å². The molecule has 0 aliphatic heterocycles. The van der Waals surface area contributed by atoms with E-state index in [-0.39, 0.29) is 0 Å². The standard InChI is InChI=1S/C13H16BrNO/c1-3-8-15-12(4-2)13(16)10-6-5-7-11(14)9-10/h4-9,13,16H,3H2,1-2H3/b12-4-,15-8?. The van der Waals surface area contributed by atoms with E-state index in [0.29, 0.717) is 5.70 Å². The average Bonchev–Trinajstić information content (AvgIpc) is 2.29. The maximum atomic E-state index is 10.1. The van der Waals surface area contributed by atoms with Crippen molar-refractivity contribution in [1.82, 2.24) is 0 Å². The Morgan fingerprint density at radius 1 is 1.56 bits per heavy atom. The molecule has 1 aromatic rings. The van der Waals surface area contributed by atoms with Crippen LogP contribution in [0.5, 0.6) is 0 Å². The van der Waals surface area contributed by atoms with Gasteiger partial charge in [0.05, 0.1) is 5.70 Å². The average molecular weight is 282 g/mol. The smallest absolute Gasteiger partial charge is 0.121 e. The molecule has 3 heteroatoms. The van der Waals surface area contributed by atoms with Crippen LogP contribution < -0.4 is 0 Å². The topological polar surface area (TPSA) is 32.6 Å². The minimum Gasteiger partial charge on any atom is -0.382 e. The third kappa shape index (κ3) is 3.58. The molecule has 0 aliphatic carbocycles. The third-order valence-electron chi connectivity index (χ3n) is 2.16. The predicted octanol–water partition coefficient (Wildman–Crippen LogP) is 3.87. The Balaban J connectivity index is 2.91. The molecule has 0 heterocycles. The Morgan fingerprint density at radius 3 is 2.88 bits per heavy atom. The zero-order chi connectivity index (χ0) is 12.0. The number of allylic oxidation sites excluding steroid dienone is 1. The van der Waals surface area contributed by atoms with Crippen LogP contribution >= 0.6 is 15.9 Å². The van der Waals surface area contributed by atoms with Gasteiger partial charge in [-0.1, -0.05) is 41.1 Å². The van der Waals surface area contributed by atoms with Crippen LogP contribution in [0.1, 0.15) is 31.9 Å². The van der Waals surface area contributed by atoms with E-state index >= 15 is 0 Å². The molecule has 0 saturated carbocycles. The number of aliphatic hydroxyl groups excluding tert-OH is 1. The van der Waals surface area contributed by atoms with E-state index in [0.717, 1.165) is 16.5 Å². The molecule has 0 aromatic heterocycles. The van der Waals surface area contributed by atoms with Gasteiger partial charge in [-0.3, -0.25) is 4.99 Å². The van der Waals surface area contributed by atoms with Crippen LogP contribution in [0.3, 0.4) is 0 Å². The molecule has 0 fully saturated rings. The zero-order valence-electron chi connectivity index (χ0n) is 9.52. The fraction of sp³-hybridized carbons (Fsp3) is 0.308. The van der Waals surface area contributed by atoms with Crippen molar-refractivity contribution >= 4 is 22.1 Å². The lowest BCUT2D eigenvalue weighted by Gasteiger charge is -2.11. The summed E-state index contributed by atoms with van der Waals surface area (Å²) in [4.78, 5) is 4.24. The molecule has 0 saturated heterocycles. The molecule has 86 valence electrons. The zero-order valence-corrected chi connectivity index (χ0v) is 11.1. The van der Waals surface area contributed by atoms with E-state index in [1.807, 2.05) is 44.2 Å². The van der Waals surface area contributed by atoms with Crippen molar-refractivity contribution in [2.45, 2.75) is 26.4 Å². The highest BCUT2D eigenvalue weighted by Gasteiger charge is 2.11. The van der Waals surface area contributed by atoms with Crippen LogP contribution in [0.15, 0.2) is 45.5 Å². The van der Waals surface area contributed by atoms with Crippen molar-refractivity contribution in [2.75, 3.05) is 0 Å². The largest absolute Gasteiger partial charge is 0.382 e. The monoisotopic (exact) mass is 281 g/mol. The molecule has 1 rings (SSSR count). The van der Waals surface area contributed by atoms with E-state index in [1.54, 1.807) is 6.21 Å². The summed E-state index contributed by atoms with van der Waals surface area (Å²) in [5.74, 6) is 0. The fourth-order valence-corrected chi connectivity index (χ4v) is 1.76. The molecule has 1 atom stereocenters. The Kier molecular flexibility index (Phi) is 5.43. The van der Waals surface area contributed by atoms with Crippen LogP contribution in [0, 0.1) is 0 Å². The van der Waals surface area contributed by atoms with Gasteiger partial charge < -0.3 is 5.11 Å². The fourth-order valence-electron chi connectivity index (χ4n) is 1.35. The summed E-state index contributed by atoms with van der Waals surface area (Å²) in [5.41, 5.74) is 1.52. The number of aliphatic imine (C=N–C) groups is 1. The van der Waals surface area contributed by atoms with Crippen LogP contribution in [0.25, 0.3) is 0 Å². The first-order chi connectivity index (χ1) is 7.69. The quantitative estimate of drug-likeness (QED) is 0.835. The van der Waals surface area contributed by atoms with Gasteiger partial charge in [-0.25, -0.2) is 0 Å². The van der Waals surface area contributed by atoms with E-state index in [9.17, 15) is 5.11 Å². The second-order valence-electron chi connectivity index (χ2n) is 3.39. The lowest BCUT2D eigenvalue weighted by Crippen LogP contribution is -2.00. The molecule has 1 unspecified atom stereocenters. The first kappa shape index (κ1) is 13.1. The number of hydrogen-bond acceptors (Lipinski definition) is 2. The molecule has 0 bridgehead atoms. The second-order valence-corrected chi connectivity index (χ2v) is 4.31. The third-order valence-corrected chi connectivity index (χ3v) is 2.66. The molecule has 0 amide bonds. The second kappa shape index (κ2) is 6.61. The number of benzene rings is 1. The van der Waals surface area contributed by atoms with E-state index in [1.165, 1.54) is 0 Å². The summed E-state index contributed by atoms with van der Waals surface area (Å²) in [6, 6.07) is 7.62. The molecule has 0 spiro atoms. The van der Waals surface area contributed by atoms with Crippen molar-refractivity contribution in [3.8, 4) is 0 Å². The van der Waals surface area contributed by atoms with Gasteiger partial charge in [-0.15, -0.1) is 0 Å². The Labute approximate surface area is 105 Å². The molecule has 1 N–H and O–H groups in total. The van der Waals surface area contributed by atoms with Gasteiger partial charge in [0.1, 0.15) is 6.10 Å². The first-order valence-corrected chi connectivity index (χ1v) is 6.10. The Morgan fingerprint density at radius 2 is 2.31 bits per heavy atom. The van der Waals surface area contributed by atoms with Crippen molar-refractivity contribution < 1.29 is 5.11 Å². The minimum atomic E-state index is -0.662. The van der Waals surface area contributed by atoms with Gasteiger partial charge in [0.25, 0.3) is 0 Å². The van der Waals surface area contributed by atoms with E-state index in [2.05, 4.69) is 20.9 Å². The molecule has 16 heavy (non-hydrogen) atoms. The van der Waals surface area contributed by atoms with E-state index < -0.39 is 6.10 Å². The van der Waals surface area contributed by atoms with Crippen molar-refractivity contribution in [2.24, 2.45) is 4.99 Å². The highest BCUT2D eigenvalue weighted by atomic mass is 79.9. The Bertz CT molecular complexity index is 399. The van der Waals surface area contributed by atoms with Gasteiger partial charge in [0.2, 0.25) is 0 Å². The van der Waals surface area contributed by atoms with Crippen molar-refractivity contribution in [1.29, 1.82) is 0 Å². The predicted molar refractivity (Wildman–Crippen MR) is 71.6 cm³/mol. The number of halogens is 1. The highest BCUT2D eigenvalue weighted by Crippen LogP contribution is 2.24. The first-order valence-electron chi connectivity index (χ1n) is 5.31.